The van der Waals surface area contributed by atoms with Crippen molar-refractivity contribution in [1.82, 2.24) is 0 Å². The number of ether oxygens (including phenoxy) is 1. The van der Waals surface area contributed by atoms with Gasteiger partial charge in [-0.25, -0.2) is 4.39 Å². The van der Waals surface area contributed by atoms with Gasteiger partial charge in [-0.1, -0.05) is 0 Å². The summed E-state index contributed by atoms with van der Waals surface area (Å²) in [5.74, 6) is -0.388. The highest BCUT2D eigenvalue weighted by Gasteiger charge is 2.32. The van der Waals surface area contributed by atoms with E-state index >= 15 is 0 Å². The number of carbonyl (C=O) groups is 1. The van der Waals surface area contributed by atoms with Gasteiger partial charge in [0.05, 0.1) is 11.7 Å². The Morgan fingerprint density at radius 1 is 1.50 bits per heavy atom. The van der Waals surface area contributed by atoms with E-state index < -0.39 is 0 Å². The second-order valence-corrected chi connectivity index (χ2v) is 5.39. The first-order chi connectivity index (χ1) is 8.41. The van der Waals surface area contributed by atoms with Crippen LogP contribution in [0.2, 0.25) is 0 Å². The Balaban J connectivity index is 2.33. The van der Waals surface area contributed by atoms with Crippen molar-refractivity contribution in [3.63, 3.8) is 0 Å². The third-order valence-electron chi connectivity index (χ3n) is 3.03. The van der Waals surface area contributed by atoms with Gasteiger partial charge in [-0.15, -0.1) is 0 Å². The van der Waals surface area contributed by atoms with Gasteiger partial charge in [-0.2, -0.15) is 0 Å². The van der Waals surface area contributed by atoms with Crippen LogP contribution in [0.25, 0.3) is 0 Å². The van der Waals surface area contributed by atoms with Gasteiger partial charge in [0.2, 0.25) is 0 Å². The molecule has 1 atom stereocenters. The maximum atomic E-state index is 13.1. The van der Waals surface area contributed by atoms with E-state index in [1.807, 2.05) is 20.8 Å². The fourth-order valence-corrected chi connectivity index (χ4v) is 2.54. The fraction of sp³-hybridized carbons (Fsp3) is 0.500. The molecule has 0 aliphatic carbocycles. The van der Waals surface area contributed by atoms with E-state index in [4.69, 9.17) is 4.74 Å². The maximum absolute atomic E-state index is 13.1. The van der Waals surface area contributed by atoms with E-state index in [-0.39, 0.29) is 17.5 Å². The van der Waals surface area contributed by atoms with Crippen molar-refractivity contribution in [2.75, 3.05) is 18.0 Å². The van der Waals surface area contributed by atoms with Crippen molar-refractivity contribution in [3.8, 4) is 0 Å². The molecule has 18 heavy (non-hydrogen) atoms. The van der Waals surface area contributed by atoms with E-state index in [0.717, 1.165) is 5.69 Å². The van der Waals surface area contributed by atoms with Gasteiger partial charge in [-0.05, 0) is 39.0 Å². The van der Waals surface area contributed by atoms with E-state index in [1.165, 1.54) is 12.1 Å². The number of hydrogen-bond acceptors (Lipinski definition) is 3. The lowest BCUT2D eigenvalue weighted by atomic mass is 10.0. The van der Waals surface area contributed by atoms with Gasteiger partial charge in [-0.3, -0.25) is 4.79 Å². The molecule has 0 aromatic heterocycles. The number of carbonyl (C=O) groups excluding carboxylic acids is 1. The van der Waals surface area contributed by atoms with Crippen LogP contribution >= 0.6 is 0 Å². The molecular weight excluding hydrogens is 233 g/mol. The number of aldehydes is 1. The summed E-state index contributed by atoms with van der Waals surface area (Å²) >= 11 is 0. The molecule has 1 aromatic rings. The number of benzene rings is 1. The summed E-state index contributed by atoms with van der Waals surface area (Å²) in [5, 5.41) is 0. The minimum atomic E-state index is -0.388. The molecule has 2 rings (SSSR count). The van der Waals surface area contributed by atoms with E-state index in [0.29, 0.717) is 24.9 Å². The number of hydrogen-bond donors (Lipinski definition) is 0. The predicted octanol–water partition coefficient (Wildman–Crippen LogP) is 2.64. The zero-order valence-corrected chi connectivity index (χ0v) is 10.9. The molecule has 0 bridgehead atoms. The Hall–Kier alpha value is -1.42. The third kappa shape index (κ3) is 2.70. The first-order valence-corrected chi connectivity index (χ1v) is 6.09. The number of halogens is 1. The highest BCUT2D eigenvalue weighted by Crippen LogP contribution is 2.28. The zero-order chi connectivity index (χ0) is 13.3. The van der Waals surface area contributed by atoms with Crippen molar-refractivity contribution < 1.29 is 13.9 Å². The summed E-state index contributed by atoms with van der Waals surface area (Å²) in [4.78, 5) is 13.1. The van der Waals surface area contributed by atoms with E-state index in [2.05, 4.69) is 4.90 Å². The lowest BCUT2D eigenvalue weighted by molar-refractivity contribution is -0.0750. The summed E-state index contributed by atoms with van der Waals surface area (Å²) in [6, 6.07) is 4.32. The average molecular weight is 251 g/mol. The Morgan fingerprint density at radius 2 is 2.22 bits per heavy atom. The second kappa shape index (κ2) is 4.69. The van der Waals surface area contributed by atoms with Crippen molar-refractivity contribution in [3.05, 3.63) is 29.6 Å². The average Bonchev–Trinajstić information content (AvgIpc) is 2.25. The fourth-order valence-electron chi connectivity index (χ4n) is 2.54. The topological polar surface area (TPSA) is 29.5 Å². The zero-order valence-electron chi connectivity index (χ0n) is 10.9. The van der Waals surface area contributed by atoms with Crippen LogP contribution in [0.4, 0.5) is 10.1 Å². The van der Waals surface area contributed by atoms with Crippen LogP contribution in [0.15, 0.2) is 18.2 Å². The minimum absolute atomic E-state index is 0.0818. The van der Waals surface area contributed by atoms with Gasteiger partial charge in [0, 0.05) is 24.3 Å². The van der Waals surface area contributed by atoms with Crippen molar-refractivity contribution in [1.29, 1.82) is 0 Å². The molecule has 98 valence electrons. The molecule has 1 aliphatic heterocycles. The molecule has 1 fully saturated rings. The van der Waals surface area contributed by atoms with Crippen LogP contribution in [0.5, 0.6) is 0 Å². The normalized spacial score (nSPS) is 22.9. The Bertz CT molecular complexity index is 459. The Kier molecular flexibility index (Phi) is 3.39. The lowest BCUT2D eigenvalue weighted by Crippen LogP contribution is -2.52. The van der Waals surface area contributed by atoms with Crippen LogP contribution in [0.1, 0.15) is 31.1 Å². The maximum Gasteiger partial charge on any atom is 0.152 e. The summed E-state index contributed by atoms with van der Waals surface area (Å²) < 4.78 is 18.9. The highest BCUT2D eigenvalue weighted by molar-refractivity contribution is 5.84. The summed E-state index contributed by atoms with van der Waals surface area (Å²) in [6.07, 6.45) is 0.782. The van der Waals surface area contributed by atoms with Crippen LogP contribution in [0, 0.1) is 5.82 Å². The number of rotatable bonds is 2. The summed E-state index contributed by atoms with van der Waals surface area (Å²) in [6.45, 7) is 7.41. The predicted molar refractivity (Wildman–Crippen MR) is 68.6 cm³/mol. The van der Waals surface area contributed by atoms with Crippen molar-refractivity contribution >= 4 is 12.0 Å². The molecule has 1 aromatic carbocycles. The molecule has 1 unspecified atom stereocenters. The first-order valence-electron chi connectivity index (χ1n) is 6.09. The molecule has 0 saturated carbocycles. The smallest absolute Gasteiger partial charge is 0.152 e. The first kappa shape index (κ1) is 13.0. The lowest BCUT2D eigenvalue weighted by Gasteiger charge is -2.43. The molecule has 0 N–H and O–H groups in total. The largest absolute Gasteiger partial charge is 0.369 e. The molecule has 1 heterocycles. The Morgan fingerprint density at radius 3 is 2.83 bits per heavy atom. The summed E-state index contributed by atoms with van der Waals surface area (Å²) in [7, 11) is 0. The SMILES string of the molecule is CC1CN(c2ccc(F)cc2C=O)CC(C)(C)O1. The molecule has 0 amide bonds. The molecule has 3 nitrogen and oxygen atoms in total. The van der Waals surface area contributed by atoms with Crippen molar-refractivity contribution in [2.24, 2.45) is 0 Å². The van der Waals surface area contributed by atoms with Gasteiger partial charge >= 0.3 is 0 Å². The van der Waals surface area contributed by atoms with Gasteiger partial charge in [0.15, 0.2) is 6.29 Å². The van der Waals surface area contributed by atoms with Gasteiger partial charge in [0.1, 0.15) is 5.82 Å². The van der Waals surface area contributed by atoms with Gasteiger partial charge in [0.25, 0.3) is 0 Å². The van der Waals surface area contributed by atoms with Gasteiger partial charge < -0.3 is 9.64 Å². The van der Waals surface area contributed by atoms with E-state index in [1.54, 1.807) is 6.07 Å². The molecule has 4 heteroatoms. The molecule has 0 spiro atoms. The molecule has 1 saturated heterocycles. The monoisotopic (exact) mass is 251 g/mol. The van der Waals surface area contributed by atoms with E-state index in [9.17, 15) is 9.18 Å². The minimum Gasteiger partial charge on any atom is -0.369 e. The second-order valence-electron chi connectivity index (χ2n) is 5.39. The standard InChI is InChI=1S/C14H18FNO2/c1-10-7-16(9-14(2,3)18-10)13-5-4-12(15)6-11(13)8-17/h4-6,8,10H,7,9H2,1-3H3. The van der Waals surface area contributed by atoms with Crippen LogP contribution in [-0.2, 0) is 4.74 Å². The highest BCUT2D eigenvalue weighted by atomic mass is 19.1. The molecule has 1 aliphatic rings. The van der Waals surface area contributed by atoms with Crippen LogP contribution in [0.3, 0.4) is 0 Å². The quantitative estimate of drug-likeness (QED) is 0.757. The van der Waals surface area contributed by atoms with Crippen molar-refractivity contribution in [2.45, 2.75) is 32.5 Å². The molecular formula is C14H18FNO2. The van der Waals surface area contributed by atoms with Crippen LogP contribution < -0.4 is 4.90 Å². The number of morpholine rings is 1. The third-order valence-corrected chi connectivity index (χ3v) is 3.03. The molecule has 0 radical (unpaired) electrons. The number of anilines is 1. The number of nitrogens with zero attached hydrogens (tertiary/aromatic N) is 1. The van der Waals surface area contributed by atoms with Crippen LogP contribution in [-0.4, -0.2) is 31.1 Å². The summed E-state index contributed by atoms with van der Waals surface area (Å²) in [5.41, 5.74) is 0.890. The Labute approximate surface area is 107 Å².